The second-order valence-corrected chi connectivity index (χ2v) is 12.9. The number of benzene rings is 5. The van der Waals surface area contributed by atoms with Gasteiger partial charge in [0, 0.05) is 36.5 Å². The minimum Gasteiger partial charge on any atom is -0.388 e. The number of nitrogens with zero attached hydrogens (tertiary/aromatic N) is 1. The summed E-state index contributed by atoms with van der Waals surface area (Å²) < 4.78 is 0. The number of rotatable bonds is 3. The van der Waals surface area contributed by atoms with Gasteiger partial charge in [0.2, 0.25) is 0 Å². The van der Waals surface area contributed by atoms with Gasteiger partial charge < -0.3 is 15.6 Å². The first kappa shape index (κ1) is 41.4. The summed E-state index contributed by atoms with van der Waals surface area (Å²) >= 11 is 0. The molecule has 0 fully saturated rings. The van der Waals surface area contributed by atoms with Gasteiger partial charge in [-0.3, -0.25) is 0 Å². The number of fused-ring (bicyclic) bond motifs is 2. The van der Waals surface area contributed by atoms with Crippen molar-refractivity contribution in [3.63, 3.8) is 0 Å². The lowest BCUT2D eigenvalue weighted by molar-refractivity contribution is 0.737. The number of anilines is 3. The lowest BCUT2D eigenvalue weighted by Crippen LogP contribution is -2.14. The summed E-state index contributed by atoms with van der Waals surface area (Å²) in [5, 5.41) is 13.7. The van der Waals surface area contributed by atoms with Gasteiger partial charge in [0.05, 0.1) is 0 Å². The van der Waals surface area contributed by atoms with Crippen molar-refractivity contribution in [2.24, 2.45) is 10.9 Å². The molecule has 0 bridgehead atoms. The van der Waals surface area contributed by atoms with Gasteiger partial charge in [-0.15, -0.1) is 13.2 Å². The molecular weight excluding hydrogens is 583 g/mol. The third-order valence-electron chi connectivity index (χ3n) is 8.49. The third kappa shape index (κ3) is 9.94. The molecule has 0 unspecified atom stereocenters. The average molecular weight is 644 g/mol. The molecule has 256 valence electrons. The second-order valence-electron chi connectivity index (χ2n) is 12.9. The molecule has 3 nitrogen and oxygen atoms in total. The largest absolute Gasteiger partial charge is 0.388 e. The van der Waals surface area contributed by atoms with Crippen LogP contribution in [0.15, 0.2) is 72.7 Å². The molecule has 3 heteroatoms. The molecule has 0 radical (unpaired) electrons. The molecule has 0 saturated carbocycles. The van der Waals surface area contributed by atoms with Gasteiger partial charge >= 0.3 is 0 Å². The predicted octanol–water partition coefficient (Wildman–Crippen LogP) is 11.5. The highest BCUT2D eigenvalue weighted by molar-refractivity contribution is 6.05. The van der Waals surface area contributed by atoms with E-state index in [1.54, 1.807) is 7.05 Å². The van der Waals surface area contributed by atoms with Crippen molar-refractivity contribution in [3.05, 3.63) is 123 Å². The second kappa shape index (κ2) is 19.3. The molecule has 0 atom stereocenters. The summed E-state index contributed by atoms with van der Waals surface area (Å²) in [6.45, 7) is 41.8. The molecule has 0 amide bonds. The summed E-state index contributed by atoms with van der Waals surface area (Å²) in [6, 6.07) is 19.3. The van der Waals surface area contributed by atoms with Crippen LogP contribution >= 0.6 is 0 Å². The molecule has 5 rings (SSSR count). The molecule has 0 aliphatic heterocycles. The van der Waals surface area contributed by atoms with E-state index in [0.29, 0.717) is 0 Å². The Bertz CT molecular complexity index is 1940. The lowest BCUT2D eigenvalue weighted by Gasteiger charge is -2.19. The number of hydrogen-bond acceptors (Lipinski definition) is 3. The molecule has 5 aromatic carbocycles. The Labute approximate surface area is 292 Å². The summed E-state index contributed by atoms with van der Waals surface area (Å²) in [5.41, 5.74) is 14.2. The van der Waals surface area contributed by atoms with Crippen LogP contribution in [0.5, 0.6) is 0 Å². The topological polar surface area (TPSA) is 36.4 Å². The van der Waals surface area contributed by atoms with E-state index in [4.69, 9.17) is 0 Å². The van der Waals surface area contributed by atoms with E-state index in [0.717, 1.165) is 38.2 Å². The van der Waals surface area contributed by atoms with Gasteiger partial charge in [0.1, 0.15) is 0 Å². The summed E-state index contributed by atoms with van der Waals surface area (Å²) in [4.78, 5) is 3.25. The van der Waals surface area contributed by atoms with Gasteiger partial charge in [-0.2, -0.15) is 0 Å². The Kier molecular flexibility index (Phi) is 16.6. The molecule has 0 aromatic heterocycles. The zero-order valence-electron chi connectivity index (χ0n) is 32.3. The minimum atomic E-state index is 0.833. The molecule has 2 N–H and O–H groups in total. The van der Waals surface area contributed by atoms with Crippen LogP contribution in [-0.2, 0) is 0 Å². The Morgan fingerprint density at radius 1 is 0.583 bits per heavy atom. The van der Waals surface area contributed by atoms with E-state index >= 15 is 0 Å². The molecule has 5 aromatic rings. The molecule has 0 heterocycles. The van der Waals surface area contributed by atoms with E-state index in [-0.39, 0.29) is 0 Å². The van der Waals surface area contributed by atoms with E-state index in [1.807, 2.05) is 7.05 Å². The Hall–Kier alpha value is -4.63. The van der Waals surface area contributed by atoms with Crippen molar-refractivity contribution in [3.8, 4) is 0 Å². The van der Waals surface area contributed by atoms with Crippen LogP contribution in [0, 0.1) is 61.3 Å². The fourth-order valence-corrected chi connectivity index (χ4v) is 5.80. The van der Waals surface area contributed by atoms with Gasteiger partial charge in [-0.05, 0) is 145 Å². The van der Waals surface area contributed by atoms with Crippen LogP contribution < -0.4 is 21.1 Å². The summed E-state index contributed by atoms with van der Waals surface area (Å²) in [7, 11) is 3.62. The lowest BCUT2D eigenvalue weighted by atomic mass is 9.96. The van der Waals surface area contributed by atoms with Gasteiger partial charge in [-0.1, -0.05) is 82.5 Å². The predicted molar refractivity (Wildman–Crippen MR) is 223 cm³/mol. The highest BCUT2D eigenvalue weighted by atomic mass is 14.9. The summed E-state index contributed by atoms with van der Waals surface area (Å²) in [6.07, 6.45) is 0. The maximum absolute atomic E-state index is 4.43. The average Bonchev–Trinajstić information content (AvgIpc) is 3.05. The van der Waals surface area contributed by atoms with Gasteiger partial charge in [-0.25, -0.2) is 0 Å². The summed E-state index contributed by atoms with van der Waals surface area (Å²) in [5.74, 6) is 0.833. The minimum absolute atomic E-state index is 0.833. The third-order valence-corrected chi connectivity index (χ3v) is 8.49. The smallest absolute Gasteiger partial charge is 0.0470 e. The molecule has 0 aliphatic carbocycles. The number of nitrogens with one attached hydrogen (secondary N) is 2. The first-order valence-corrected chi connectivity index (χ1v) is 16.7. The first-order chi connectivity index (χ1) is 22.6. The quantitative estimate of drug-likeness (QED) is 0.117. The van der Waals surface area contributed by atoms with Crippen LogP contribution in [0.4, 0.5) is 17.1 Å². The molecular formula is C45H61N3. The van der Waals surface area contributed by atoms with Crippen LogP contribution in [0.1, 0.15) is 65.3 Å². The molecule has 0 saturated heterocycles. The highest BCUT2D eigenvalue weighted by Gasteiger charge is 2.12. The molecule has 48 heavy (non-hydrogen) atoms. The standard InChI is InChI=1S/C26H25N.C11H17N.C4H10.C2H5N.C2H4/c1-15-14-16(2)26(18(4)17(15)3)27-24-13-9-12-23-19(5)21-10-7-8-11-22(21)20(6)25(23)24;1-7-6-8(2)11(12-5)10(4)9(7)3;1-4(2)3;1-3-2;1-2/h7-14,27H,5-6H2,1-4H3;6,12H,1-5H3;4H,1-3H3;1H2,2H3;1-2H2. The van der Waals surface area contributed by atoms with E-state index < -0.39 is 0 Å². The van der Waals surface area contributed by atoms with Crippen molar-refractivity contribution in [2.45, 2.75) is 76.2 Å². The Balaban J connectivity index is 0.000000455. The maximum Gasteiger partial charge on any atom is 0.0470 e. The molecule has 0 aliphatic rings. The zero-order chi connectivity index (χ0) is 36.9. The van der Waals surface area contributed by atoms with Crippen molar-refractivity contribution in [1.29, 1.82) is 0 Å². The van der Waals surface area contributed by atoms with E-state index in [1.165, 1.54) is 61.3 Å². The van der Waals surface area contributed by atoms with Crippen molar-refractivity contribution in [2.75, 3.05) is 24.7 Å². The van der Waals surface area contributed by atoms with Crippen LogP contribution in [0.3, 0.4) is 0 Å². The Morgan fingerprint density at radius 2 is 0.979 bits per heavy atom. The van der Waals surface area contributed by atoms with Crippen molar-refractivity contribution < 1.29 is 0 Å². The van der Waals surface area contributed by atoms with Crippen molar-refractivity contribution >= 4 is 58.5 Å². The van der Waals surface area contributed by atoms with E-state index in [2.05, 4.69) is 179 Å². The zero-order valence-corrected chi connectivity index (χ0v) is 32.3. The number of aliphatic imine (C=N–C) groups is 1. The van der Waals surface area contributed by atoms with Crippen LogP contribution in [0.25, 0.3) is 34.7 Å². The highest BCUT2D eigenvalue weighted by Crippen LogP contribution is 2.31. The van der Waals surface area contributed by atoms with Crippen LogP contribution in [-0.4, -0.2) is 20.8 Å². The maximum atomic E-state index is 4.43. The van der Waals surface area contributed by atoms with E-state index in [9.17, 15) is 0 Å². The first-order valence-electron chi connectivity index (χ1n) is 16.7. The molecule has 0 spiro atoms. The normalized spacial score (nSPS) is 9.96. The Morgan fingerprint density at radius 3 is 1.44 bits per heavy atom. The monoisotopic (exact) mass is 643 g/mol. The fourth-order valence-electron chi connectivity index (χ4n) is 5.80. The van der Waals surface area contributed by atoms with Gasteiger partial charge in [0.15, 0.2) is 0 Å². The van der Waals surface area contributed by atoms with Crippen molar-refractivity contribution in [1.82, 2.24) is 0 Å². The van der Waals surface area contributed by atoms with Crippen LogP contribution in [0.2, 0.25) is 0 Å². The van der Waals surface area contributed by atoms with Gasteiger partial charge in [0.25, 0.3) is 0 Å². The SMILES string of the molecule is C=C.C=NC.C=c1c2ccccc2c(=C)c2c(Nc3c(C)cc(C)c(C)c3C)cccc12.CC(C)C.CNc1c(C)cc(C)c(C)c1C. The number of hydrogen-bond donors (Lipinski definition) is 2. The number of aryl methyl sites for hydroxylation is 4. The fraction of sp³-hybridized carbons (Fsp3) is 0.311.